The van der Waals surface area contributed by atoms with E-state index in [1.54, 1.807) is 17.1 Å². The first-order valence-electron chi connectivity index (χ1n) is 11.8. The molecule has 1 aliphatic heterocycles. The highest BCUT2D eigenvalue weighted by molar-refractivity contribution is 5.80. The molecule has 0 spiro atoms. The number of hydrazone groups is 1. The second-order valence-corrected chi connectivity index (χ2v) is 8.71. The van der Waals surface area contributed by atoms with Gasteiger partial charge in [-0.1, -0.05) is 25.1 Å². The second-order valence-electron chi connectivity index (χ2n) is 8.71. The minimum absolute atomic E-state index is 0.00982. The zero-order chi connectivity index (χ0) is 26.9. The predicted octanol–water partition coefficient (Wildman–Crippen LogP) is 6.57. The summed E-state index contributed by atoms with van der Waals surface area (Å²) < 4.78 is 74.4. The van der Waals surface area contributed by atoms with Crippen LogP contribution in [0.3, 0.4) is 0 Å². The van der Waals surface area contributed by atoms with Crippen molar-refractivity contribution in [2.75, 3.05) is 6.61 Å². The lowest BCUT2D eigenvalue weighted by Gasteiger charge is -2.21. The number of H-pyrrole nitrogens is 1. The molecule has 0 unspecified atom stereocenters. The SMILES string of the molecule is CCCOc1ccc(-c2ccc(CN3Cc4[nH]c(-c5cccc(F)c5F)nc4C=N3)nc2)c(C(F)(F)F)c1. The lowest BCUT2D eigenvalue weighted by atomic mass is 10.00. The maximum Gasteiger partial charge on any atom is 0.417 e. The van der Waals surface area contributed by atoms with Crippen LogP contribution in [0.1, 0.15) is 36.0 Å². The maximum absolute atomic E-state index is 14.2. The molecule has 2 aromatic carbocycles. The Kier molecular flexibility index (Phi) is 6.83. The van der Waals surface area contributed by atoms with Gasteiger partial charge in [0, 0.05) is 11.8 Å². The monoisotopic (exact) mass is 527 g/mol. The molecule has 0 atom stereocenters. The first-order valence-corrected chi connectivity index (χ1v) is 11.8. The van der Waals surface area contributed by atoms with E-state index in [9.17, 15) is 22.0 Å². The molecule has 0 saturated carbocycles. The van der Waals surface area contributed by atoms with Gasteiger partial charge in [0.25, 0.3) is 0 Å². The largest absolute Gasteiger partial charge is 0.494 e. The molecule has 0 aliphatic carbocycles. The van der Waals surface area contributed by atoms with Crippen LogP contribution in [0.5, 0.6) is 5.75 Å². The van der Waals surface area contributed by atoms with E-state index in [0.717, 1.165) is 12.1 Å². The van der Waals surface area contributed by atoms with Gasteiger partial charge in [0.15, 0.2) is 11.6 Å². The van der Waals surface area contributed by atoms with Gasteiger partial charge in [0.05, 0.1) is 48.4 Å². The lowest BCUT2D eigenvalue weighted by Crippen LogP contribution is -2.22. The average molecular weight is 527 g/mol. The number of fused-ring (bicyclic) bond motifs is 1. The van der Waals surface area contributed by atoms with Crippen LogP contribution < -0.4 is 4.74 Å². The summed E-state index contributed by atoms with van der Waals surface area (Å²) in [7, 11) is 0. The number of benzene rings is 2. The highest BCUT2D eigenvalue weighted by Gasteiger charge is 2.34. The topological polar surface area (TPSA) is 66.4 Å². The summed E-state index contributed by atoms with van der Waals surface area (Å²) in [4.78, 5) is 11.7. The minimum atomic E-state index is -4.56. The predicted molar refractivity (Wildman–Crippen MR) is 131 cm³/mol. The Bertz CT molecular complexity index is 1480. The fraction of sp³-hybridized carbons (Fsp3) is 0.222. The van der Waals surface area contributed by atoms with E-state index in [0.29, 0.717) is 42.2 Å². The van der Waals surface area contributed by atoms with Crippen molar-refractivity contribution in [3.63, 3.8) is 0 Å². The number of pyridine rings is 1. The Labute approximate surface area is 214 Å². The number of nitrogens with zero attached hydrogens (tertiary/aromatic N) is 4. The third-order valence-electron chi connectivity index (χ3n) is 5.95. The van der Waals surface area contributed by atoms with Crippen molar-refractivity contribution >= 4 is 6.21 Å². The van der Waals surface area contributed by atoms with E-state index in [-0.39, 0.29) is 29.2 Å². The van der Waals surface area contributed by atoms with Crippen LogP contribution in [0.2, 0.25) is 0 Å². The maximum atomic E-state index is 14.2. The minimum Gasteiger partial charge on any atom is -0.494 e. The number of rotatable bonds is 7. The number of ether oxygens (including phenoxy) is 1. The van der Waals surface area contributed by atoms with Crippen LogP contribution in [0.4, 0.5) is 22.0 Å². The van der Waals surface area contributed by atoms with Crippen molar-refractivity contribution in [3.05, 3.63) is 89.0 Å². The smallest absolute Gasteiger partial charge is 0.417 e. The number of aromatic nitrogens is 3. The summed E-state index contributed by atoms with van der Waals surface area (Å²) in [6.45, 7) is 2.78. The molecule has 0 saturated heterocycles. The van der Waals surface area contributed by atoms with Crippen molar-refractivity contribution in [1.82, 2.24) is 20.0 Å². The van der Waals surface area contributed by atoms with E-state index in [2.05, 4.69) is 20.1 Å². The standard InChI is InChI=1S/C27H22F5N5O/c1-2-10-38-18-8-9-19(21(11-18)27(30,31)32)16-6-7-17(33-12-16)14-37-15-24-23(13-34-37)35-26(36-24)20-4-3-5-22(28)25(20)29/h3-9,11-13H,2,10,14-15H2,1H3,(H,35,36). The van der Waals surface area contributed by atoms with Gasteiger partial charge in [-0.15, -0.1) is 0 Å². The van der Waals surface area contributed by atoms with E-state index in [1.165, 1.54) is 36.7 Å². The molecule has 0 bridgehead atoms. The number of imidazole rings is 1. The Morgan fingerprint density at radius 2 is 1.89 bits per heavy atom. The molecule has 38 heavy (non-hydrogen) atoms. The molecule has 11 heteroatoms. The fourth-order valence-electron chi connectivity index (χ4n) is 4.10. The average Bonchev–Trinajstić information content (AvgIpc) is 3.32. The Hall–Kier alpha value is -4.28. The molecule has 3 heterocycles. The van der Waals surface area contributed by atoms with Crippen molar-refractivity contribution in [3.8, 4) is 28.3 Å². The van der Waals surface area contributed by atoms with Gasteiger partial charge in [-0.05, 0) is 42.3 Å². The second kappa shape index (κ2) is 10.2. The summed E-state index contributed by atoms with van der Waals surface area (Å²) in [5.74, 6) is -1.61. The number of halogens is 5. The van der Waals surface area contributed by atoms with Crippen LogP contribution >= 0.6 is 0 Å². The van der Waals surface area contributed by atoms with E-state index in [1.807, 2.05) is 6.92 Å². The van der Waals surface area contributed by atoms with Gasteiger partial charge >= 0.3 is 6.18 Å². The quantitative estimate of drug-likeness (QED) is 0.276. The van der Waals surface area contributed by atoms with Gasteiger partial charge in [-0.25, -0.2) is 13.8 Å². The molecule has 2 aromatic heterocycles. The highest BCUT2D eigenvalue weighted by Crippen LogP contribution is 2.39. The van der Waals surface area contributed by atoms with Crippen LogP contribution in [0.25, 0.3) is 22.5 Å². The third kappa shape index (κ3) is 5.22. The Morgan fingerprint density at radius 1 is 1.05 bits per heavy atom. The summed E-state index contributed by atoms with van der Waals surface area (Å²) in [6.07, 6.45) is -0.976. The molecule has 1 N–H and O–H groups in total. The summed E-state index contributed by atoms with van der Waals surface area (Å²) in [5, 5.41) is 6.01. The van der Waals surface area contributed by atoms with Crippen molar-refractivity contribution in [1.29, 1.82) is 0 Å². The van der Waals surface area contributed by atoms with Crippen LogP contribution in [-0.2, 0) is 19.3 Å². The number of aromatic amines is 1. The van der Waals surface area contributed by atoms with Gasteiger partial charge in [0.1, 0.15) is 17.3 Å². The summed E-state index contributed by atoms with van der Waals surface area (Å²) in [6, 6.07) is 11.0. The molecule has 196 valence electrons. The first kappa shape index (κ1) is 25.4. The number of hydrogen-bond acceptors (Lipinski definition) is 5. The first-order chi connectivity index (χ1) is 18.2. The molecule has 0 fully saturated rings. The summed E-state index contributed by atoms with van der Waals surface area (Å²) >= 11 is 0. The van der Waals surface area contributed by atoms with Gasteiger partial charge in [0.2, 0.25) is 0 Å². The molecular formula is C27H22F5N5O. The molecule has 5 rings (SSSR count). The highest BCUT2D eigenvalue weighted by atomic mass is 19.4. The van der Waals surface area contributed by atoms with Gasteiger partial charge in [-0.2, -0.15) is 18.3 Å². The lowest BCUT2D eigenvalue weighted by molar-refractivity contribution is -0.137. The molecule has 1 aliphatic rings. The van der Waals surface area contributed by atoms with Crippen LogP contribution in [0, 0.1) is 11.6 Å². The van der Waals surface area contributed by atoms with Crippen molar-refractivity contribution in [2.24, 2.45) is 5.10 Å². The summed E-state index contributed by atoms with van der Waals surface area (Å²) in [5.41, 5.74) is 1.31. The number of hydrogen-bond donors (Lipinski definition) is 1. The van der Waals surface area contributed by atoms with E-state index < -0.39 is 23.4 Å². The van der Waals surface area contributed by atoms with Crippen molar-refractivity contribution in [2.45, 2.75) is 32.6 Å². The van der Waals surface area contributed by atoms with Gasteiger partial charge < -0.3 is 9.72 Å². The number of nitrogens with one attached hydrogen (secondary N) is 1. The van der Waals surface area contributed by atoms with Crippen LogP contribution in [-0.4, -0.2) is 32.8 Å². The zero-order valence-electron chi connectivity index (χ0n) is 20.2. The van der Waals surface area contributed by atoms with E-state index >= 15 is 0 Å². The molecule has 4 aromatic rings. The zero-order valence-corrected chi connectivity index (χ0v) is 20.2. The normalized spacial score (nSPS) is 13.1. The van der Waals surface area contributed by atoms with E-state index in [4.69, 9.17) is 4.74 Å². The third-order valence-corrected chi connectivity index (χ3v) is 5.95. The molecule has 0 amide bonds. The molecule has 6 nitrogen and oxygen atoms in total. The fourth-order valence-corrected chi connectivity index (χ4v) is 4.10. The number of alkyl halides is 3. The van der Waals surface area contributed by atoms with Gasteiger partial charge in [-0.3, -0.25) is 9.99 Å². The molecular weight excluding hydrogens is 505 g/mol. The van der Waals surface area contributed by atoms with Crippen molar-refractivity contribution < 1.29 is 26.7 Å². The Balaban J connectivity index is 1.31. The van der Waals surface area contributed by atoms with Crippen LogP contribution in [0.15, 0.2) is 59.8 Å². The Morgan fingerprint density at radius 3 is 2.63 bits per heavy atom. The molecule has 0 radical (unpaired) electrons.